The molecule has 15 N–H and O–H groups in total. The first kappa shape index (κ1) is 51.0. The van der Waals surface area contributed by atoms with E-state index in [1.54, 1.807) is 13.8 Å². The van der Waals surface area contributed by atoms with E-state index in [1.807, 2.05) is 0 Å². The molecular formula is C37H61N13O11. The number of hydrogen-bond acceptors (Lipinski definition) is 13. The van der Waals surface area contributed by atoms with Crippen LogP contribution in [0.2, 0.25) is 0 Å². The number of amides is 9. The number of primary amides is 1. The van der Waals surface area contributed by atoms with E-state index in [0.29, 0.717) is 37.9 Å². The van der Waals surface area contributed by atoms with Crippen LogP contribution >= 0.6 is 0 Å². The number of carboxylic acid groups (broad SMARTS) is 1. The van der Waals surface area contributed by atoms with E-state index in [4.69, 9.17) is 17.2 Å². The Morgan fingerprint density at radius 2 is 1.48 bits per heavy atom. The van der Waals surface area contributed by atoms with Crippen LogP contribution in [0.3, 0.4) is 0 Å². The Labute approximate surface area is 352 Å². The number of aliphatic carboxylic acids is 1. The molecule has 1 aromatic heterocycles. The molecule has 1 aliphatic heterocycles. The SMILES string of the molecule is CC(C)C[C@H](NC(=O)CNC(=O)[C@H](Cc1c[nH]cn1)NC(=O)[C@H](CCC(N)=O)NC(=O)CN)C(=O)N[C@@H](C)C(=O)NCC(=O)N1CCC[C@H]1C(=O)N[C@@H](CCCCN)C(=O)O. The van der Waals surface area contributed by atoms with E-state index in [-0.39, 0.29) is 44.6 Å². The highest BCUT2D eigenvalue weighted by Crippen LogP contribution is 2.18. The van der Waals surface area contributed by atoms with Crippen molar-refractivity contribution in [2.24, 2.45) is 23.1 Å². The average Bonchev–Trinajstić information content (AvgIpc) is 3.92. The van der Waals surface area contributed by atoms with Crippen LogP contribution in [0.25, 0.3) is 0 Å². The first-order valence-corrected chi connectivity index (χ1v) is 20.1. The number of nitrogens with one attached hydrogen (secondary N) is 8. The monoisotopic (exact) mass is 863 g/mol. The smallest absolute Gasteiger partial charge is 0.326 e. The van der Waals surface area contributed by atoms with Gasteiger partial charge in [0.15, 0.2) is 0 Å². The summed E-state index contributed by atoms with van der Waals surface area (Å²) in [6.07, 6.45) is 4.42. The van der Waals surface area contributed by atoms with Gasteiger partial charge in [-0.2, -0.15) is 0 Å². The van der Waals surface area contributed by atoms with E-state index in [0.717, 1.165) is 0 Å². The third kappa shape index (κ3) is 18.3. The summed E-state index contributed by atoms with van der Waals surface area (Å²) in [6.45, 7) is 3.95. The maximum Gasteiger partial charge on any atom is 0.326 e. The first-order valence-electron chi connectivity index (χ1n) is 20.1. The van der Waals surface area contributed by atoms with Crippen molar-refractivity contribution in [2.45, 2.75) is 115 Å². The maximum absolute atomic E-state index is 13.3. The van der Waals surface area contributed by atoms with Gasteiger partial charge in [0.25, 0.3) is 0 Å². The number of nitrogens with zero attached hydrogens (tertiary/aromatic N) is 2. The number of H-pyrrole nitrogens is 1. The van der Waals surface area contributed by atoms with E-state index in [2.05, 4.69) is 47.2 Å². The van der Waals surface area contributed by atoms with E-state index in [9.17, 15) is 53.1 Å². The van der Waals surface area contributed by atoms with Crippen LogP contribution in [0.5, 0.6) is 0 Å². The number of aromatic amines is 1. The fraction of sp³-hybridized carbons (Fsp3) is 0.649. The third-order valence-corrected chi connectivity index (χ3v) is 9.50. The standard InChI is InChI=1S/C37H61N13O11/c1-20(2)13-25(35(58)45-21(3)32(55)43-18-31(54)50-12-6-8-27(50)36(59)48-24(37(60)61)7-4-5-11-38)47-30(53)17-42-33(56)26(14-22-16-41-19-44-22)49-34(57)23(9-10-28(40)51)46-29(52)15-39/h16,19-21,23-27H,4-15,17-18,38-39H2,1-3H3,(H2,40,51)(H,41,44)(H,42,56)(H,43,55)(H,45,58)(H,46,52)(H,47,53)(H,48,59)(H,49,57)(H,60,61)/t21-,23-,24-,25-,26-,27-/m0/s1. The Morgan fingerprint density at radius 3 is 2.08 bits per heavy atom. The maximum atomic E-state index is 13.3. The largest absolute Gasteiger partial charge is 0.480 e. The van der Waals surface area contributed by atoms with Gasteiger partial charge < -0.3 is 69.4 Å². The Balaban J connectivity index is 2.00. The summed E-state index contributed by atoms with van der Waals surface area (Å²) in [5.41, 5.74) is 16.4. The molecule has 2 rings (SSSR count). The number of carbonyl (C=O) groups excluding carboxylic acids is 9. The predicted molar refractivity (Wildman–Crippen MR) is 216 cm³/mol. The molecule has 1 saturated heterocycles. The van der Waals surface area contributed by atoms with Gasteiger partial charge in [0.2, 0.25) is 53.2 Å². The van der Waals surface area contributed by atoms with Crippen LogP contribution in [0.4, 0.5) is 0 Å². The summed E-state index contributed by atoms with van der Waals surface area (Å²) in [6, 6.07) is -6.99. The number of hydrogen-bond donors (Lipinski definition) is 12. The van der Waals surface area contributed by atoms with E-state index in [1.165, 1.54) is 24.3 Å². The van der Waals surface area contributed by atoms with Crippen LogP contribution in [-0.4, -0.2) is 148 Å². The van der Waals surface area contributed by atoms with Crippen LogP contribution < -0.4 is 54.4 Å². The van der Waals surface area contributed by atoms with E-state index >= 15 is 0 Å². The molecule has 0 spiro atoms. The van der Waals surface area contributed by atoms with Gasteiger partial charge in [-0.1, -0.05) is 13.8 Å². The number of imidazole rings is 1. The van der Waals surface area contributed by atoms with Crippen molar-refractivity contribution >= 4 is 59.1 Å². The quantitative estimate of drug-likeness (QED) is 0.0369. The van der Waals surface area contributed by atoms with Crippen molar-refractivity contribution in [1.29, 1.82) is 0 Å². The normalized spacial score (nSPS) is 15.9. The highest BCUT2D eigenvalue weighted by molar-refractivity contribution is 5.96. The van der Waals surface area contributed by atoms with Crippen molar-refractivity contribution in [3.8, 4) is 0 Å². The van der Waals surface area contributed by atoms with Gasteiger partial charge in [0, 0.05) is 25.6 Å². The Kier molecular flexibility index (Phi) is 21.8. The summed E-state index contributed by atoms with van der Waals surface area (Å²) in [4.78, 5) is 135. The summed E-state index contributed by atoms with van der Waals surface area (Å²) in [7, 11) is 0. The van der Waals surface area contributed by atoms with Crippen LogP contribution in [-0.2, 0) is 54.4 Å². The molecular weight excluding hydrogens is 802 g/mol. The second-order valence-corrected chi connectivity index (χ2v) is 15.0. The van der Waals surface area contributed by atoms with Crippen molar-refractivity contribution in [1.82, 2.24) is 52.1 Å². The number of carbonyl (C=O) groups is 10. The molecule has 0 saturated carbocycles. The van der Waals surface area contributed by atoms with Gasteiger partial charge in [-0.25, -0.2) is 9.78 Å². The Morgan fingerprint density at radius 1 is 0.803 bits per heavy atom. The van der Waals surface area contributed by atoms with Crippen LogP contribution in [0, 0.1) is 5.92 Å². The summed E-state index contributed by atoms with van der Waals surface area (Å²) in [5, 5.41) is 26.8. The zero-order chi connectivity index (χ0) is 45.6. The predicted octanol–water partition coefficient (Wildman–Crippen LogP) is -4.90. The van der Waals surface area contributed by atoms with Crippen molar-refractivity contribution in [3.63, 3.8) is 0 Å². The molecule has 2 heterocycles. The molecule has 340 valence electrons. The van der Waals surface area contributed by atoms with Gasteiger partial charge in [0.1, 0.15) is 36.3 Å². The summed E-state index contributed by atoms with van der Waals surface area (Å²) >= 11 is 0. The molecule has 0 aromatic carbocycles. The lowest BCUT2D eigenvalue weighted by molar-refractivity contribution is -0.144. The van der Waals surface area contributed by atoms with Gasteiger partial charge in [-0.3, -0.25) is 43.2 Å². The zero-order valence-corrected chi connectivity index (χ0v) is 34.8. The van der Waals surface area contributed by atoms with Crippen LogP contribution in [0.1, 0.15) is 77.8 Å². The van der Waals surface area contributed by atoms with Gasteiger partial charge in [-0.05, 0) is 64.3 Å². The Hall–Kier alpha value is -6.17. The number of unbranched alkanes of at least 4 members (excludes halogenated alkanes) is 1. The van der Waals surface area contributed by atoms with Crippen molar-refractivity contribution in [3.05, 3.63) is 18.2 Å². The van der Waals surface area contributed by atoms with Gasteiger partial charge >= 0.3 is 5.97 Å². The molecule has 1 aliphatic rings. The minimum absolute atomic E-state index is 0.120. The third-order valence-electron chi connectivity index (χ3n) is 9.50. The number of nitrogens with two attached hydrogens (primary N) is 3. The minimum atomic E-state index is -1.31. The molecule has 9 amide bonds. The molecule has 0 unspecified atom stereocenters. The minimum Gasteiger partial charge on any atom is -0.480 e. The molecule has 1 aromatic rings. The topological polar surface area (TPSA) is 385 Å². The average molecular weight is 864 g/mol. The summed E-state index contributed by atoms with van der Waals surface area (Å²) < 4.78 is 0. The number of aromatic nitrogens is 2. The van der Waals surface area contributed by atoms with Crippen molar-refractivity contribution in [2.75, 3.05) is 32.7 Å². The molecule has 0 aliphatic carbocycles. The molecule has 6 atom stereocenters. The lowest BCUT2D eigenvalue weighted by Gasteiger charge is -2.26. The van der Waals surface area contributed by atoms with Crippen LogP contribution in [0.15, 0.2) is 12.5 Å². The van der Waals surface area contributed by atoms with Gasteiger partial charge in [0.05, 0.1) is 31.7 Å². The second-order valence-electron chi connectivity index (χ2n) is 15.0. The molecule has 0 bridgehead atoms. The lowest BCUT2D eigenvalue weighted by atomic mass is 10.0. The molecule has 0 radical (unpaired) electrons. The lowest BCUT2D eigenvalue weighted by Crippen LogP contribution is -2.57. The van der Waals surface area contributed by atoms with E-state index < -0.39 is 115 Å². The fourth-order valence-corrected chi connectivity index (χ4v) is 6.29. The summed E-state index contributed by atoms with van der Waals surface area (Å²) in [5.74, 6) is -7.86. The van der Waals surface area contributed by atoms with Gasteiger partial charge in [-0.15, -0.1) is 0 Å². The highest BCUT2D eigenvalue weighted by Gasteiger charge is 2.36. The number of rotatable bonds is 27. The Bertz CT molecular complexity index is 1690. The fourth-order valence-electron chi connectivity index (χ4n) is 6.29. The first-order chi connectivity index (χ1) is 28.9. The highest BCUT2D eigenvalue weighted by atomic mass is 16.4. The van der Waals surface area contributed by atoms with Crippen molar-refractivity contribution < 1.29 is 53.1 Å². The molecule has 24 nitrogen and oxygen atoms in total. The second kappa shape index (κ2) is 26.1. The molecule has 61 heavy (non-hydrogen) atoms. The molecule has 24 heteroatoms. The number of likely N-dealkylation sites (tertiary alicyclic amines) is 1. The molecule has 1 fully saturated rings. The number of carboxylic acids is 1. The zero-order valence-electron chi connectivity index (χ0n) is 34.8.